The summed E-state index contributed by atoms with van der Waals surface area (Å²) in [6, 6.07) is 7.88. The predicted octanol–water partition coefficient (Wildman–Crippen LogP) is 3.50. The van der Waals surface area contributed by atoms with E-state index in [1.807, 2.05) is 38.1 Å². The molecule has 2 amide bonds. The Morgan fingerprint density at radius 3 is 2.00 bits per heavy atom. The van der Waals surface area contributed by atoms with Gasteiger partial charge in [-0.15, -0.1) is 0 Å². The molecule has 2 fully saturated rings. The van der Waals surface area contributed by atoms with Crippen molar-refractivity contribution in [1.29, 1.82) is 0 Å². The third-order valence-electron chi connectivity index (χ3n) is 4.89. The van der Waals surface area contributed by atoms with Crippen LogP contribution in [-0.2, 0) is 9.59 Å². The first kappa shape index (κ1) is 17.8. The molecule has 2 aliphatic rings. The Bertz CT molecular complexity index is 600. The Hall–Kier alpha value is -2.04. The molecule has 136 valence electrons. The van der Waals surface area contributed by atoms with Gasteiger partial charge in [0.15, 0.2) is 0 Å². The van der Waals surface area contributed by atoms with Gasteiger partial charge in [-0.2, -0.15) is 0 Å². The van der Waals surface area contributed by atoms with Crippen molar-refractivity contribution < 1.29 is 14.3 Å². The van der Waals surface area contributed by atoms with E-state index in [0.29, 0.717) is 6.04 Å². The fraction of sp³-hybridized carbons (Fsp3) is 0.600. The molecule has 0 saturated heterocycles. The van der Waals surface area contributed by atoms with Gasteiger partial charge >= 0.3 is 0 Å². The maximum atomic E-state index is 12.5. The lowest BCUT2D eigenvalue weighted by Crippen LogP contribution is -2.36. The van der Waals surface area contributed by atoms with Crippen LogP contribution in [0.25, 0.3) is 0 Å². The molecule has 0 aliphatic heterocycles. The largest absolute Gasteiger partial charge is 0.491 e. The summed E-state index contributed by atoms with van der Waals surface area (Å²) >= 11 is 0. The number of nitrogens with one attached hydrogen (secondary N) is 2. The highest BCUT2D eigenvalue weighted by Gasteiger charge is 2.32. The number of hydrogen-bond acceptors (Lipinski definition) is 3. The summed E-state index contributed by atoms with van der Waals surface area (Å²) in [5, 5.41) is 6.06. The fourth-order valence-electron chi connectivity index (χ4n) is 3.30. The molecule has 1 aromatic rings. The van der Waals surface area contributed by atoms with Gasteiger partial charge in [-0.3, -0.25) is 9.59 Å². The number of anilines is 1. The molecule has 5 heteroatoms. The van der Waals surface area contributed by atoms with Crippen LogP contribution in [0.1, 0.15) is 52.4 Å². The fourth-order valence-corrected chi connectivity index (χ4v) is 3.30. The monoisotopic (exact) mass is 344 g/mol. The zero-order valence-corrected chi connectivity index (χ0v) is 15.1. The predicted molar refractivity (Wildman–Crippen MR) is 97.4 cm³/mol. The van der Waals surface area contributed by atoms with Crippen molar-refractivity contribution in [3.8, 4) is 5.75 Å². The summed E-state index contributed by atoms with van der Waals surface area (Å²) in [5.41, 5.74) is 0.787. The van der Waals surface area contributed by atoms with E-state index in [2.05, 4.69) is 10.6 Å². The smallest absolute Gasteiger partial charge is 0.227 e. The summed E-state index contributed by atoms with van der Waals surface area (Å²) in [7, 11) is 0. The molecule has 0 radical (unpaired) electrons. The summed E-state index contributed by atoms with van der Waals surface area (Å²) < 4.78 is 5.61. The number of ether oxygens (including phenoxy) is 1. The van der Waals surface area contributed by atoms with Crippen molar-refractivity contribution in [3.63, 3.8) is 0 Å². The maximum absolute atomic E-state index is 12.5. The molecular weight excluding hydrogens is 316 g/mol. The summed E-state index contributed by atoms with van der Waals surface area (Å²) in [4.78, 5) is 24.6. The van der Waals surface area contributed by atoms with Gasteiger partial charge in [-0.1, -0.05) is 0 Å². The minimum absolute atomic E-state index is 0.00318. The minimum Gasteiger partial charge on any atom is -0.491 e. The molecule has 3 rings (SSSR count). The Balaban J connectivity index is 1.45. The van der Waals surface area contributed by atoms with Gasteiger partial charge in [0.1, 0.15) is 5.75 Å². The van der Waals surface area contributed by atoms with Crippen LogP contribution in [0.3, 0.4) is 0 Å². The van der Waals surface area contributed by atoms with Gasteiger partial charge in [0.2, 0.25) is 11.8 Å². The lowest BCUT2D eigenvalue weighted by atomic mass is 9.81. The molecule has 1 aromatic carbocycles. The van der Waals surface area contributed by atoms with Crippen LogP contribution in [0.2, 0.25) is 0 Å². The molecule has 5 nitrogen and oxygen atoms in total. The standard InChI is InChI=1S/C20H28N2O3/c1-13(2)25-18-11-9-17(10-12-18)22-20(24)15-5-3-14(4-6-15)19(23)21-16-7-8-16/h9-16H,3-8H2,1-2H3,(H,21,23)(H,22,24). The van der Waals surface area contributed by atoms with Crippen molar-refractivity contribution in [2.75, 3.05) is 5.32 Å². The molecular formula is C20H28N2O3. The normalized spacial score (nSPS) is 23.2. The van der Waals surface area contributed by atoms with E-state index in [9.17, 15) is 9.59 Å². The number of amides is 2. The van der Waals surface area contributed by atoms with Crippen LogP contribution in [0, 0.1) is 11.8 Å². The van der Waals surface area contributed by atoms with Crippen molar-refractivity contribution in [1.82, 2.24) is 5.32 Å². The SMILES string of the molecule is CC(C)Oc1ccc(NC(=O)C2CCC(C(=O)NC3CC3)CC2)cc1. The van der Waals surface area contributed by atoms with Crippen LogP contribution in [-0.4, -0.2) is 24.0 Å². The average Bonchev–Trinajstić information content (AvgIpc) is 3.40. The number of rotatable bonds is 6. The molecule has 0 aromatic heterocycles. The average molecular weight is 344 g/mol. The Labute approximate surface area is 149 Å². The second-order valence-electron chi connectivity index (χ2n) is 7.51. The van der Waals surface area contributed by atoms with Crippen LogP contribution in [0.4, 0.5) is 5.69 Å². The number of hydrogen-bond donors (Lipinski definition) is 2. The van der Waals surface area contributed by atoms with Crippen LogP contribution in [0.5, 0.6) is 5.75 Å². The van der Waals surface area contributed by atoms with Gasteiger partial charge in [0, 0.05) is 23.6 Å². The topological polar surface area (TPSA) is 67.4 Å². The molecule has 0 spiro atoms. The highest BCUT2D eigenvalue weighted by atomic mass is 16.5. The van der Waals surface area contributed by atoms with Crippen molar-refractivity contribution in [3.05, 3.63) is 24.3 Å². The van der Waals surface area contributed by atoms with E-state index in [0.717, 1.165) is 50.0 Å². The highest BCUT2D eigenvalue weighted by Crippen LogP contribution is 2.31. The Morgan fingerprint density at radius 2 is 1.48 bits per heavy atom. The van der Waals surface area contributed by atoms with E-state index in [1.54, 1.807) is 0 Å². The van der Waals surface area contributed by atoms with E-state index in [1.165, 1.54) is 0 Å². The second kappa shape index (κ2) is 7.89. The molecule has 2 aliphatic carbocycles. The van der Waals surface area contributed by atoms with Gasteiger partial charge in [-0.05, 0) is 76.6 Å². The summed E-state index contributed by atoms with van der Waals surface area (Å²) in [5.74, 6) is 1.12. The first-order chi connectivity index (χ1) is 12.0. The number of carbonyl (C=O) groups excluding carboxylic acids is 2. The third-order valence-corrected chi connectivity index (χ3v) is 4.89. The number of benzene rings is 1. The van der Waals surface area contributed by atoms with E-state index < -0.39 is 0 Å². The minimum atomic E-state index is -0.00318. The summed E-state index contributed by atoms with van der Waals surface area (Å²) in [6.45, 7) is 3.97. The Morgan fingerprint density at radius 1 is 0.920 bits per heavy atom. The molecule has 25 heavy (non-hydrogen) atoms. The van der Waals surface area contributed by atoms with Crippen molar-refractivity contribution in [2.45, 2.75) is 64.5 Å². The van der Waals surface area contributed by atoms with Gasteiger partial charge in [0.05, 0.1) is 6.10 Å². The lowest BCUT2D eigenvalue weighted by molar-refractivity contribution is -0.128. The quantitative estimate of drug-likeness (QED) is 0.830. The van der Waals surface area contributed by atoms with E-state index >= 15 is 0 Å². The van der Waals surface area contributed by atoms with E-state index in [4.69, 9.17) is 4.74 Å². The summed E-state index contributed by atoms with van der Waals surface area (Å²) in [6.07, 6.45) is 5.53. The molecule has 0 heterocycles. The van der Waals surface area contributed by atoms with Crippen molar-refractivity contribution >= 4 is 17.5 Å². The zero-order chi connectivity index (χ0) is 17.8. The van der Waals surface area contributed by atoms with Crippen molar-refractivity contribution in [2.24, 2.45) is 11.8 Å². The molecule has 0 unspecified atom stereocenters. The van der Waals surface area contributed by atoms with Crippen LogP contribution < -0.4 is 15.4 Å². The third kappa shape index (κ3) is 5.21. The van der Waals surface area contributed by atoms with Gasteiger partial charge < -0.3 is 15.4 Å². The highest BCUT2D eigenvalue weighted by molar-refractivity contribution is 5.92. The zero-order valence-electron chi connectivity index (χ0n) is 15.1. The van der Waals surface area contributed by atoms with Gasteiger partial charge in [-0.25, -0.2) is 0 Å². The van der Waals surface area contributed by atoms with Crippen LogP contribution in [0.15, 0.2) is 24.3 Å². The van der Waals surface area contributed by atoms with Gasteiger partial charge in [0.25, 0.3) is 0 Å². The number of carbonyl (C=O) groups is 2. The second-order valence-corrected chi connectivity index (χ2v) is 7.51. The molecule has 2 N–H and O–H groups in total. The lowest BCUT2D eigenvalue weighted by Gasteiger charge is -2.27. The molecule has 2 saturated carbocycles. The first-order valence-corrected chi connectivity index (χ1v) is 9.39. The first-order valence-electron chi connectivity index (χ1n) is 9.39. The Kier molecular flexibility index (Phi) is 5.61. The van der Waals surface area contributed by atoms with Crippen LogP contribution >= 0.6 is 0 Å². The molecule has 0 atom stereocenters. The molecule has 0 bridgehead atoms. The van der Waals surface area contributed by atoms with E-state index in [-0.39, 0.29) is 29.8 Å². The maximum Gasteiger partial charge on any atom is 0.227 e.